The van der Waals surface area contributed by atoms with Crippen molar-refractivity contribution in [1.82, 2.24) is 15.8 Å². The second-order valence-corrected chi connectivity index (χ2v) is 7.75. The molecule has 0 fully saturated rings. The zero-order valence-electron chi connectivity index (χ0n) is 13.7. The van der Waals surface area contributed by atoms with Gasteiger partial charge in [0.1, 0.15) is 5.82 Å². The smallest absolute Gasteiger partial charge is 0.364 e. The summed E-state index contributed by atoms with van der Waals surface area (Å²) < 4.78 is 74.8. The van der Waals surface area contributed by atoms with Crippen molar-refractivity contribution in [3.63, 3.8) is 0 Å². The predicted octanol–water partition coefficient (Wildman–Crippen LogP) is 2.37. The van der Waals surface area contributed by atoms with E-state index in [9.17, 15) is 27.0 Å². The SMILES string of the molecule is CS(=N)(=O)CCNc1nonc1C(=Nc1ccc(F)c(C(F)(F)F)c1)NO. The molecule has 0 radical (unpaired) electrons. The van der Waals surface area contributed by atoms with Crippen LogP contribution in [0.1, 0.15) is 11.3 Å². The van der Waals surface area contributed by atoms with E-state index < -0.39 is 33.1 Å². The molecule has 148 valence electrons. The topological polar surface area (TPSA) is 136 Å². The summed E-state index contributed by atoms with van der Waals surface area (Å²) in [4.78, 5) is 3.75. The lowest BCUT2D eigenvalue weighted by Gasteiger charge is -2.09. The largest absolute Gasteiger partial charge is 0.419 e. The number of aliphatic imine (C=N–C) groups is 1. The molecule has 0 amide bonds. The lowest BCUT2D eigenvalue weighted by atomic mass is 10.2. The highest BCUT2D eigenvalue weighted by atomic mass is 32.2. The summed E-state index contributed by atoms with van der Waals surface area (Å²) in [7, 11) is -2.77. The average Bonchev–Trinajstić information content (AvgIpc) is 3.00. The zero-order valence-corrected chi connectivity index (χ0v) is 14.5. The zero-order chi connectivity index (χ0) is 20.2. The molecule has 1 unspecified atom stereocenters. The Morgan fingerprint density at radius 2 is 2.11 bits per heavy atom. The molecule has 1 aromatic carbocycles. The number of aromatic nitrogens is 2. The van der Waals surface area contributed by atoms with Gasteiger partial charge in [-0.1, -0.05) is 0 Å². The van der Waals surface area contributed by atoms with Crippen LogP contribution >= 0.6 is 0 Å². The van der Waals surface area contributed by atoms with Crippen molar-refractivity contribution in [3.8, 4) is 0 Å². The van der Waals surface area contributed by atoms with Crippen molar-refractivity contribution < 1.29 is 31.6 Å². The van der Waals surface area contributed by atoms with Gasteiger partial charge in [-0.2, -0.15) is 13.2 Å². The van der Waals surface area contributed by atoms with Gasteiger partial charge in [-0.25, -0.2) is 14.0 Å². The minimum Gasteiger partial charge on any atom is -0.364 e. The number of hydrogen-bond donors (Lipinski definition) is 4. The molecule has 27 heavy (non-hydrogen) atoms. The Kier molecular flexibility index (Phi) is 6.00. The second-order valence-electron chi connectivity index (χ2n) is 5.33. The Balaban J connectivity index is 2.31. The molecule has 0 spiro atoms. The molecule has 2 aromatic rings. The van der Waals surface area contributed by atoms with Gasteiger partial charge >= 0.3 is 6.18 Å². The highest BCUT2D eigenvalue weighted by Gasteiger charge is 2.34. The van der Waals surface area contributed by atoms with Crippen molar-refractivity contribution >= 4 is 27.1 Å². The van der Waals surface area contributed by atoms with E-state index >= 15 is 0 Å². The third-order valence-electron chi connectivity index (χ3n) is 3.10. The molecule has 4 N–H and O–H groups in total. The second kappa shape index (κ2) is 7.87. The number of hydrogen-bond acceptors (Lipinski definition) is 8. The van der Waals surface area contributed by atoms with Crippen molar-refractivity contribution in [2.45, 2.75) is 6.18 Å². The summed E-state index contributed by atoms with van der Waals surface area (Å²) in [6, 6.07) is 2.01. The van der Waals surface area contributed by atoms with Crippen LogP contribution < -0.4 is 10.8 Å². The number of halogens is 4. The maximum Gasteiger partial charge on any atom is 0.419 e. The van der Waals surface area contributed by atoms with Gasteiger partial charge in [0.15, 0.2) is 11.5 Å². The molecule has 14 heteroatoms. The number of nitrogens with zero attached hydrogens (tertiary/aromatic N) is 3. The summed E-state index contributed by atoms with van der Waals surface area (Å²) in [5.74, 6) is -1.98. The molecule has 2 rings (SSSR count). The quantitative estimate of drug-likeness (QED) is 0.248. The van der Waals surface area contributed by atoms with Gasteiger partial charge in [0.2, 0.25) is 5.82 Å². The van der Waals surface area contributed by atoms with Crippen LogP contribution in [-0.2, 0) is 15.9 Å². The minimum absolute atomic E-state index is 0.0226. The number of nitrogens with one attached hydrogen (secondary N) is 3. The number of anilines is 1. The van der Waals surface area contributed by atoms with E-state index in [2.05, 4.69) is 25.3 Å². The Bertz CT molecular complexity index is 942. The van der Waals surface area contributed by atoms with E-state index in [-0.39, 0.29) is 29.5 Å². The summed E-state index contributed by atoms with van der Waals surface area (Å²) in [5, 5.41) is 18.9. The van der Waals surface area contributed by atoms with Gasteiger partial charge in [-0.3, -0.25) is 19.7 Å². The van der Waals surface area contributed by atoms with Crippen LogP contribution in [0.5, 0.6) is 0 Å². The van der Waals surface area contributed by atoms with Gasteiger partial charge in [-0.05, 0) is 28.5 Å². The van der Waals surface area contributed by atoms with Crippen LogP contribution in [0.3, 0.4) is 0 Å². The van der Waals surface area contributed by atoms with E-state index in [1.165, 1.54) is 6.26 Å². The van der Waals surface area contributed by atoms with Crippen molar-refractivity contribution in [3.05, 3.63) is 35.3 Å². The number of amidine groups is 1. The van der Waals surface area contributed by atoms with Crippen LogP contribution in [0, 0.1) is 10.6 Å². The fourth-order valence-electron chi connectivity index (χ4n) is 1.88. The normalized spacial score (nSPS) is 14.7. The average molecular weight is 410 g/mol. The van der Waals surface area contributed by atoms with E-state index in [4.69, 9.17) is 4.78 Å². The van der Waals surface area contributed by atoms with Gasteiger partial charge in [-0.15, -0.1) is 0 Å². The van der Waals surface area contributed by atoms with Gasteiger partial charge < -0.3 is 5.32 Å². The molecule has 0 aliphatic heterocycles. The highest BCUT2D eigenvalue weighted by Crippen LogP contribution is 2.33. The molecule has 0 bridgehead atoms. The minimum atomic E-state index is -4.92. The standard InChI is InChI=1S/C13H14F4N6O3S/c1-27(18,25)5-4-19-11-10(22-26-23-11)12(21-24)20-7-2-3-9(14)8(6-7)13(15,16)17/h2-3,6,18,24H,4-5H2,1H3,(H,19,23)(H,20,21). The summed E-state index contributed by atoms with van der Waals surface area (Å²) >= 11 is 0. The first-order valence-corrected chi connectivity index (χ1v) is 9.28. The van der Waals surface area contributed by atoms with Crippen LogP contribution in [0.4, 0.5) is 29.1 Å². The molecular formula is C13H14F4N6O3S. The van der Waals surface area contributed by atoms with Crippen molar-refractivity contribution in [1.29, 1.82) is 4.78 Å². The Morgan fingerprint density at radius 3 is 2.70 bits per heavy atom. The van der Waals surface area contributed by atoms with Crippen LogP contribution in [0.2, 0.25) is 0 Å². The van der Waals surface area contributed by atoms with E-state index in [0.29, 0.717) is 12.1 Å². The molecular weight excluding hydrogens is 396 g/mol. The molecule has 9 nitrogen and oxygen atoms in total. The Hall–Kier alpha value is -2.74. The first-order chi connectivity index (χ1) is 12.5. The molecule has 0 saturated carbocycles. The monoisotopic (exact) mass is 410 g/mol. The molecule has 1 aromatic heterocycles. The van der Waals surface area contributed by atoms with Crippen molar-refractivity contribution in [2.75, 3.05) is 23.9 Å². The fraction of sp³-hybridized carbons (Fsp3) is 0.308. The molecule has 0 aliphatic rings. The third-order valence-corrected chi connectivity index (χ3v) is 4.08. The van der Waals surface area contributed by atoms with Crippen LogP contribution in [-0.4, -0.2) is 44.1 Å². The lowest BCUT2D eigenvalue weighted by Crippen LogP contribution is -2.23. The summed E-state index contributed by atoms with van der Waals surface area (Å²) in [6.07, 6.45) is -3.68. The van der Waals surface area contributed by atoms with E-state index in [1.54, 1.807) is 5.48 Å². The Labute approximate surface area is 150 Å². The predicted molar refractivity (Wildman–Crippen MR) is 87.0 cm³/mol. The van der Waals surface area contributed by atoms with Crippen LogP contribution in [0.15, 0.2) is 27.8 Å². The maximum atomic E-state index is 13.3. The highest BCUT2D eigenvalue weighted by molar-refractivity contribution is 7.91. The first kappa shape index (κ1) is 20.6. The molecule has 1 atom stereocenters. The number of hydroxylamine groups is 1. The lowest BCUT2D eigenvalue weighted by molar-refractivity contribution is -0.139. The first-order valence-electron chi connectivity index (χ1n) is 7.15. The Morgan fingerprint density at radius 1 is 1.41 bits per heavy atom. The molecule has 0 aliphatic carbocycles. The maximum absolute atomic E-state index is 13.3. The van der Waals surface area contributed by atoms with E-state index in [1.807, 2.05) is 0 Å². The molecule has 1 heterocycles. The summed E-state index contributed by atoms with van der Waals surface area (Å²) in [5.41, 5.74) is -0.385. The van der Waals surface area contributed by atoms with Gasteiger partial charge in [0.25, 0.3) is 0 Å². The molecule has 0 saturated heterocycles. The van der Waals surface area contributed by atoms with Crippen LogP contribution in [0.25, 0.3) is 0 Å². The third kappa shape index (κ3) is 5.62. The van der Waals surface area contributed by atoms with Gasteiger partial charge in [0, 0.05) is 28.3 Å². The summed E-state index contributed by atoms with van der Waals surface area (Å²) in [6.45, 7) is 0.0491. The van der Waals surface area contributed by atoms with Crippen molar-refractivity contribution in [2.24, 2.45) is 4.99 Å². The van der Waals surface area contributed by atoms with E-state index in [0.717, 1.165) is 6.07 Å². The van der Waals surface area contributed by atoms with Gasteiger partial charge in [0.05, 0.1) is 11.3 Å². The number of rotatable bonds is 6. The number of alkyl halides is 3. The number of benzene rings is 1. The fourth-order valence-corrected chi connectivity index (χ4v) is 2.38.